The standard InChI is InChI=1S/C20H14BN/c1-2-6-16-14-19-17(13-15(16)5-1)7-8-20-18(19)9-12-22-11-4-3-10-21(20)22/h1-14H. The Hall–Kier alpha value is -2.74. The topological polar surface area (TPSA) is 3.24 Å². The van der Waals surface area contributed by atoms with E-state index in [-0.39, 0.29) is 0 Å². The van der Waals surface area contributed by atoms with Crippen molar-refractivity contribution < 1.29 is 0 Å². The van der Waals surface area contributed by atoms with Gasteiger partial charge in [0.1, 0.15) is 0 Å². The lowest BCUT2D eigenvalue weighted by Crippen LogP contribution is -2.45. The van der Waals surface area contributed by atoms with Crippen molar-refractivity contribution in [3.63, 3.8) is 0 Å². The first-order valence-corrected chi connectivity index (χ1v) is 7.66. The van der Waals surface area contributed by atoms with Crippen LogP contribution >= 0.6 is 0 Å². The predicted molar refractivity (Wildman–Crippen MR) is 96.0 cm³/mol. The SMILES string of the molecule is C1=CB2c3ccc4cc5ccccc5cc4c3C=CN2C=C1. The minimum atomic E-state index is 0.320. The zero-order chi connectivity index (χ0) is 14.5. The van der Waals surface area contributed by atoms with Gasteiger partial charge in [0.2, 0.25) is 0 Å². The van der Waals surface area contributed by atoms with E-state index in [0.29, 0.717) is 6.85 Å². The molecule has 3 aromatic carbocycles. The number of hydrogen-bond donors (Lipinski definition) is 0. The van der Waals surface area contributed by atoms with Gasteiger partial charge >= 0.3 is 6.85 Å². The molecule has 0 radical (unpaired) electrons. The molecule has 0 atom stereocenters. The highest BCUT2D eigenvalue weighted by Gasteiger charge is 2.26. The average Bonchev–Trinajstić information content (AvgIpc) is 2.59. The Bertz CT molecular complexity index is 997. The Morgan fingerprint density at radius 2 is 1.64 bits per heavy atom. The third-order valence-corrected chi connectivity index (χ3v) is 4.68. The van der Waals surface area contributed by atoms with Gasteiger partial charge in [-0.05, 0) is 69.3 Å². The summed E-state index contributed by atoms with van der Waals surface area (Å²) in [7, 11) is 0. The lowest BCUT2D eigenvalue weighted by Gasteiger charge is -2.30. The van der Waals surface area contributed by atoms with Crippen LogP contribution in [0.2, 0.25) is 0 Å². The van der Waals surface area contributed by atoms with Crippen molar-refractivity contribution in [3.8, 4) is 0 Å². The van der Waals surface area contributed by atoms with Crippen LogP contribution in [0.3, 0.4) is 0 Å². The maximum Gasteiger partial charge on any atom is 0.320 e. The van der Waals surface area contributed by atoms with Crippen molar-refractivity contribution in [2.45, 2.75) is 0 Å². The van der Waals surface area contributed by atoms with E-state index in [4.69, 9.17) is 0 Å². The van der Waals surface area contributed by atoms with Gasteiger partial charge in [-0.3, -0.25) is 0 Å². The molecule has 0 N–H and O–H groups in total. The first kappa shape index (κ1) is 11.9. The van der Waals surface area contributed by atoms with E-state index in [2.05, 4.69) is 89.9 Å². The molecule has 22 heavy (non-hydrogen) atoms. The Morgan fingerprint density at radius 1 is 0.773 bits per heavy atom. The van der Waals surface area contributed by atoms with Crippen LogP contribution < -0.4 is 5.46 Å². The second-order valence-electron chi connectivity index (χ2n) is 5.92. The average molecular weight is 279 g/mol. The molecule has 1 nitrogen and oxygen atoms in total. The highest BCUT2D eigenvalue weighted by molar-refractivity contribution is 6.77. The van der Waals surface area contributed by atoms with Crippen LogP contribution in [0.25, 0.3) is 27.6 Å². The molecule has 0 saturated carbocycles. The molecule has 2 aliphatic heterocycles. The second kappa shape index (κ2) is 4.38. The molecule has 0 amide bonds. The molecule has 0 saturated heterocycles. The first-order chi connectivity index (χ1) is 10.9. The lowest BCUT2D eigenvalue weighted by molar-refractivity contribution is 0.797. The van der Waals surface area contributed by atoms with E-state index < -0.39 is 0 Å². The largest absolute Gasteiger partial charge is 0.389 e. The fourth-order valence-corrected chi connectivity index (χ4v) is 3.58. The molecule has 3 aromatic rings. The number of benzene rings is 3. The second-order valence-corrected chi connectivity index (χ2v) is 5.92. The predicted octanol–water partition coefficient (Wildman–Crippen LogP) is 4.10. The van der Waals surface area contributed by atoms with Gasteiger partial charge in [-0.15, -0.1) is 0 Å². The van der Waals surface area contributed by atoms with Gasteiger partial charge in [0.15, 0.2) is 0 Å². The summed E-state index contributed by atoms with van der Waals surface area (Å²) in [5.41, 5.74) is 2.73. The summed E-state index contributed by atoms with van der Waals surface area (Å²) in [5, 5.41) is 5.26. The van der Waals surface area contributed by atoms with Crippen LogP contribution in [0.5, 0.6) is 0 Å². The van der Waals surface area contributed by atoms with E-state index in [1.807, 2.05) is 0 Å². The summed E-state index contributed by atoms with van der Waals surface area (Å²) < 4.78 is 0. The van der Waals surface area contributed by atoms with Crippen molar-refractivity contribution in [3.05, 3.63) is 84.6 Å². The summed E-state index contributed by atoms with van der Waals surface area (Å²) >= 11 is 0. The molecule has 102 valence electrons. The monoisotopic (exact) mass is 279 g/mol. The van der Waals surface area contributed by atoms with Crippen LogP contribution in [0.1, 0.15) is 5.56 Å². The minimum Gasteiger partial charge on any atom is -0.389 e. The maximum atomic E-state index is 2.33. The van der Waals surface area contributed by atoms with E-state index in [0.717, 1.165) is 0 Å². The van der Waals surface area contributed by atoms with E-state index in [1.165, 1.54) is 32.6 Å². The third-order valence-electron chi connectivity index (χ3n) is 4.68. The van der Waals surface area contributed by atoms with Gasteiger partial charge in [0, 0.05) is 0 Å². The molecule has 0 spiro atoms. The van der Waals surface area contributed by atoms with Crippen LogP contribution in [0.15, 0.2) is 79.1 Å². The van der Waals surface area contributed by atoms with Crippen molar-refractivity contribution in [2.24, 2.45) is 0 Å². The molecule has 0 bridgehead atoms. The number of fused-ring (bicyclic) bond motifs is 6. The minimum absolute atomic E-state index is 0.320. The Morgan fingerprint density at radius 3 is 2.55 bits per heavy atom. The number of rotatable bonds is 0. The van der Waals surface area contributed by atoms with Crippen LogP contribution in [0, 0.1) is 0 Å². The summed E-state index contributed by atoms with van der Waals surface area (Å²) in [6.45, 7) is 0.320. The molecule has 0 unspecified atom stereocenters. The molecular weight excluding hydrogens is 265 g/mol. The molecular formula is C20H14BN. The molecule has 5 rings (SSSR count). The third kappa shape index (κ3) is 1.61. The van der Waals surface area contributed by atoms with Gasteiger partial charge in [-0.25, -0.2) is 0 Å². The number of nitrogens with zero attached hydrogens (tertiary/aromatic N) is 1. The molecule has 2 aliphatic rings. The van der Waals surface area contributed by atoms with E-state index in [9.17, 15) is 0 Å². The Balaban J connectivity index is 1.83. The highest BCUT2D eigenvalue weighted by atomic mass is 15.0. The molecule has 0 fully saturated rings. The smallest absolute Gasteiger partial charge is 0.320 e. The van der Waals surface area contributed by atoms with Crippen LogP contribution in [-0.4, -0.2) is 11.7 Å². The Kier molecular flexibility index (Phi) is 2.36. The van der Waals surface area contributed by atoms with Gasteiger partial charge in [0.25, 0.3) is 0 Å². The molecule has 0 aromatic heterocycles. The van der Waals surface area contributed by atoms with Crippen molar-refractivity contribution in [1.29, 1.82) is 0 Å². The maximum absolute atomic E-state index is 2.33. The van der Waals surface area contributed by atoms with Gasteiger partial charge < -0.3 is 4.81 Å². The quantitative estimate of drug-likeness (QED) is 0.442. The van der Waals surface area contributed by atoms with E-state index >= 15 is 0 Å². The van der Waals surface area contributed by atoms with E-state index in [1.54, 1.807) is 0 Å². The zero-order valence-corrected chi connectivity index (χ0v) is 12.1. The fraction of sp³-hybridized carbons (Fsp3) is 0. The van der Waals surface area contributed by atoms with Crippen molar-refractivity contribution in [1.82, 2.24) is 4.81 Å². The van der Waals surface area contributed by atoms with Crippen molar-refractivity contribution >= 4 is 39.9 Å². The molecule has 0 aliphatic carbocycles. The number of allylic oxidation sites excluding steroid dienone is 2. The van der Waals surface area contributed by atoms with Gasteiger partial charge in [-0.1, -0.05) is 48.4 Å². The van der Waals surface area contributed by atoms with Crippen LogP contribution in [0.4, 0.5) is 0 Å². The summed E-state index contributed by atoms with van der Waals surface area (Å²) in [6, 6.07) is 17.7. The Labute approximate surface area is 130 Å². The lowest BCUT2D eigenvalue weighted by atomic mass is 9.51. The summed E-state index contributed by atoms with van der Waals surface area (Å²) in [5.74, 6) is 2.26. The molecule has 2 heterocycles. The fourth-order valence-electron chi connectivity index (χ4n) is 3.58. The van der Waals surface area contributed by atoms with Crippen LogP contribution in [-0.2, 0) is 0 Å². The summed E-state index contributed by atoms with van der Waals surface area (Å²) in [4.78, 5) is 2.26. The normalized spacial score (nSPS) is 15.5. The zero-order valence-electron chi connectivity index (χ0n) is 12.1. The number of hydrogen-bond acceptors (Lipinski definition) is 1. The summed E-state index contributed by atoms with van der Waals surface area (Å²) in [6.07, 6.45) is 10.8. The molecule has 2 heteroatoms. The first-order valence-electron chi connectivity index (χ1n) is 7.66. The van der Waals surface area contributed by atoms with Crippen molar-refractivity contribution in [2.75, 3.05) is 0 Å². The van der Waals surface area contributed by atoms with Gasteiger partial charge in [0.05, 0.1) is 0 Å². The van der Waals surface area contributed by atoms with Gasteiger partial charge in [-0.2, -0.15) is 0 Å². The highest BCUT2D eigenvalue weighted by Crippen LogP contribution is 2.28.